The van der Waals surface area contributed by atoms with Gasteiger partial charge in [-0.25, -0.2) is 4.39 Å². The average molecular weight is 383 g/mol. The highest BCUT2D eigenvalue weighted by atomic mass is 19.1. The minimum absolute atomic E-state index is 0.124. The Morgan fingerprint density at radius 2 is 2.04 bits per heavy atom. The largest absolute Gasteiger partial charge is 0.468 e. The Labute approximate surface area is 162 Å². The van der Waals surface area contributed by atoms with Gasteiger partial charge in [0.25, 0.3) is 5.91 Å². The number of hydrogen-bond donors (Lipinski definition) is 0. The Balaban J connectivity index is 1.63. The number of benzene rings is 1. The van der Waals surface area contributed by atoms with Crippen molar-refractivity contribution in [1.82, 2.24) is 14.8 Å². The SMILES string of the molecule is COC(=O)CN1C[C@H]2CN(C(=O)c3ccccn3)[C@@H](c3cccc(F)c3)[C@H]2C1. The summed E-state index contributed by atoms with van der Waals surface area (Å²) in [6.07, 6.45) is 1.60. The van der Waals surface area contributed by atoms with Crippen molar-refractivity contribution in [2.24, 2.45) is 11.8 Å². The Morgan fingerprint density at radius 1 is 1.18 bits per heavy atom. The monoisotopic (exact) mass is 383 g/mol. The molecule has 0 aliphatic carbocycles. The molecule has 2 aromatic rings. The molecule has 3 atom stereocenters. The quantitative estimate of drug-likeness (QED) is 0.757. The Hall–Kier alpha value is -2.80. The molecule has 6 nitrogen and oxygen atoms in total. The van der Waals surface area contributed by atoms with E-state index in [1.807, 2.05) is 11.0 Å². The van der Waals surface area contributed by atoms with Crippen LogP contribution in [0.5, 0.6) is 0 Å². The van der Waals surface area contributed by atoms with E-state index in [0.717, 1.165) is 5.56 Å². The van der Waals surface area contributed by atoms with Gasteiger partial charge in [0.05, 0.1) is 19.7 Å². The fraction of sp³-hybridized carbons (Fsp3) is 0.381. The molecule has 1 amide bonds. The van der Waals surface area contributed by atoms with Crippen LogP contribution >= 0.6 is 0 Å². The van der Waals surface area contributed by atoms with Crippen LogP contribution in [0.3, 0.4) is 0 Å². The number of esters is 1. The van der Waals surface area contributed by atoms with Gasteiger partial charge in [0.15, 0.2) is 0 Å². The van der Waals surface area contributed by atoms with Crippen molar-refractivity contribution in [3.8, 4) is 0 Å². The molecule has 0 spiro atoms. The van der Waals surface area contributed by atoms with E-state index in [9.17, 15) is 14.0 Å². The summed E-state index contributed by atoms with van der Waals surface area (Å²) in [5, 5.41) is 0. The minimum Gasteiger partial charge on any atom is -0.468 e. The number of carbonyl (C=O) groups is 2. The average Bonchev–Trinajstić information content (AvgIpc) is 3.25. The van der Waals surface area contributed by atoms with Crippen molar-refractivity contribution in [1.29, 1.82) is 0 Å². The molecule has 7 heteroatoms. The zero-order valence-electron chi connectivity index (χ0n) is 15.6. The molecule has 4 rings (SSSR count). The first kappa shape index (κ1) is 18.6. The van der Waals surface area contributed by atoms with Crippen molar-refractivity contribution in [2.45, 2.75) is 6.04 Å². The number of fused-ring (bicyclic) bond motifs is 1. The zero-order valence-corrected chi connectivity index (χ0v) is 15.6. The molecule has 3 heterocycles. The molecule has 2 aliphatic heterocycles. The van der Waals surface area contributed by atoms with Crippen LogP contribution in [0.15, 0.2) is 48.7 Å². The third kappa shape index (κ3) is 3.49. The molecule has 1 aromatic heterocycles. The summed E-state index contributed by atoms with van der Waals surface area (Å²) < 4.78 is 18.7. The molecular weight excluding hydrogens is 361 g/mol. The molecule has 0 saturated carbocycles. The van der Waals surface area contributed by atoms with E-state index in [0.29, 0.717) is 25.3 Å². The third-order valence-corrected chi connectivity index (χ3v) is 5.66. The van der Waals surface area contributed by atoms with Gasteiger partial charge in [-0.1, -0.05) is 18.2 Å². The maximum atomic E-state index is 13.9. The number of carbonyl (C=O) groups excluding carboxylic acids is 2. The first-order chi connectivity index (χ1) is 13.6. The summed E-state index contributed by atoms with van der Waals surface area (Å²) in [4.78, 5) is 32.8. The molecule has 0 bridgehead atoms. The predicted molar refractivity (Wildman–Crippen MR) is 99.9 cm³/mol. The number of ether oxygens (including phenoxy) is 1. The molecule has 0 radical (unpaired) electrons. The van der Waals surface area contributed by atoms with Crippen molar-refractivity contribution in [2.75, 3.05) is 33.3 Å². The minimum atomic E-state index is -0.324. The van der Waals surface area contributed by atoms with E-state index in [2.05, 4.69) is 9.88 Å². The van der Waals surface area contributed by atoms with Gasteiger partial charge < -0.3 is 9.64 Å². The number of nitrogens with zero attached hydrogens (tertiary/aromatic N) is 3. The number of likely N-dealkylation sites (tertiary alicyclic amines) is 2. The van der Waals surface area contributed by atoms with E-state index < -0.39 is 0 Å². The van der Waals surface area contributed by atoms with Gasteiger partial charge in [0.1, 0.15) is 11.5 Å². The van der Waals surface area contributed by atoms with Gasteiger partial charge in [-0.2, -0.15) is 0 Å². The van der Waals surface area contributed by atoms with Crippen molar-refractivity contribution in [3.05, 3.63) is 65.7 Å². The second-order valence-electron chi connectivity index (χ2n) is 7.37. The van der Waals surface area contributed by atoms with Crippen molar-refractivity contribution >= 4 is 11.9 Å². The highest BCUT2D eigenvalue weighted by Gasteiger charge is 2.49. The second-order valence-corrected chi connectivity index (χ2v) is 7.37. The topological polar surface area (TPSA) is 62.7 Å². The summed E-state index contributed by atoms with van der Waals surface area (Å²) >= 11 is 0. The van der Waals surface area contributed by atoms with Crippen molar-refractivity contribution < 1.29 is 18.7 Å². The van der Waals surface area contributed by atoms with Crippen LogP contribution in [0, 0.1) is 17.7 Å². The molecule has 2 saturated heterocycles. The number of rotatable bonds is 4. The summed E-state index contributed by atoms with van der Waals surface area (Å²) in [5.74, 6) is -0.409. The number of amides is 1. The molecule has 28 heavy (non-hydrogen) atoms. The van der Waals surface area contributed by atoms with Gasteiger partial charge in [0, 0.05) is 31.7 Å². The Kier molecular flexibility index (Phi) is 5.09. The van der Waals surface area contributed by atoms with Gasteiger partial charge in [-0.05, 0) is 35.7 Å². The van der Waals surface area contributed by atoms with Gasteiger partial charge in [0.2, 0.25) is 0 Å². The molecule has 146 valence electrons. The van der Waals surface area contributed by atoms with Crippen LogP contribution in [0.4, 0.5) is 4.39 Å². The summed E-state index contributed by atoms with van der Waals surface area (Å²) in [6, 6.07) is 11.4. The van der Waals surface area contributed by atoms with Crippen LogP contribution in [0.2, 0.25) is 0 Å². The lowest BCUT2D eigenvalue weighted by molar-refractivity contribution is -0.141. The van der Waals surface area contributed by atoms with E-state index in [1.54, 1.807) is 30.5 Å². The van der Waals surface area contributed by atoms with E-state index >= 15 is 0 Å². The fourth-order valence-electron chi connectivity index (χ4n) is 4.48. The highest BCUT2D eigenvalue weighted by Crippen LogP contribution is 2.45. The second kappa shape index (κ2) is 7.67. The third-order valence-electron chi connectivity index (χ3n) is 5.66. The molecular formula is C21H22FN3O3. The normalized spacial score (nSPS) is 24.2. The zero-order chi connectivity index (χ0) is 19.7. The maximum Gasteiger partial charge on any atom is 0.319 e. The lowest BCUT2D eigenvalue weighted by atomic mass is 9.89. The predicted octanol–water partition coefficient (Wildman–Crippen LogP) is 2.14. The van der Waals surface area contributed by atoms with Crippen LogP contribution in [0.1, 0.15) is 22.1 Å². The standard InChI is InChI=1S/C21H22FN3O3/c1-28-19(26)13-24-10-15-11-25(21(27)18-7-2-3-8-23-18)20(17(15)12-24)14-5-4-6-16(22)9-14/h2-9,15,17,20H,10-13H2,1H3/t15-,17-,20-/m0/s1. The van der Waals surface area contributed by atoms with Crippen LogP contribution in [0.25, 0.3) is 0 Å². The fourth-order valence-corrected chi connectivity index (χ4v) is 4.48. The lowest BCUT2D eigenvalue weighted by Crippen LogP contribution is -2.37. The van der Waals surface area contributed by atoms with Gasteiger partial charge >= 0.3 is 5.97 Å². The van der Waals surface area contributed by atoms with Crippen LogP contribution in [-0.2, 0) is 9.53 Å². The maximum absolute atomic E-state index is 13.9. The van der Waals surface area contributed by atoms with Crippen LogP contribution < -0.4 is 0 Å². The Bertz CT molecular complexity index is 876. The first-order valence-corrected chi connectivity index (χ1v) is 9.33. The molecule has 0 unspecified atom stereocenters. The summed E-state index contributed by atoms with van der Waals surface area (Å²) in [5.41, 5.74) is 1.16. The van der Waals surface area contributed by atoms with Crippen molar-refractivity contribution in [3.63, 3.8) is 0 Å². The highest BCUT2D eigenvalue weighted by molar-refractivity contribution is 5.92. The van der Waals surface area contributed by atoms with E-state index in [-0.39, 0.29) is 42.1 Å². The number of aromatic nitrogens is 1. The lowest BCUT2D eigenvalue weighted by Gasteiger charge is -2.29. The van der Waals surface area contributed by atoms with E-state index in [1.165, 1.54) is 19.2 Å². The van der Waals surface area contributed by atoms with Gasteiger partial charge in [-0.3, -0.25) is 19.5 Å². The first-order valence-electron chi connectivity index (χ1n) is 9.33. The molecule has 1 aromatic carbocycles. The summed E-state index contributed by atoms with van der Waals surface area (Å²) in [7, 11) is 1.38. The number of halogens is 1. The smallest absolute Gasteiger partial charge is 0.319 e. The summed E-state index contributed by atoms with van der Waals surface area (Å²) in [6.45, 7) is 2.15. The molecule has 0 N–H and O–H groups in total. The number of methoxy groups -OCH3 is 1. The number of hydrogen-bond acceptors (Lipinski definition) is 5. The molecule has 2 fully saturated rings. The number of pyridine rings is 1. The van der Waals surface area contributed by atoms with E-state index in [4.69, 9.17) is 4.74 Å². The van der Waals surface area contributed by atoms with Gasteiger partial charge in [-0.15, -0.1) is 0 Å². The molecule has 2 aliphatic rings. The Morgan fingerprint density at radius 3 is 2.75 bits per heavy atom. The van der Waals surface area contributed by atoms with Crippen LogP contribution in [-0.4, -0.2) is 59.9 Å².